The molecule has 0 saturated carbocycles. The molecule has 4 heteroatoms. The van der Waals surface area contributed by atoms with Gasteiger partial charge in [-0.15, -0.1) is 11.8 Å². The highest BCUT2D eigenvalue weighted by atomic mass is 79.9. The third-order valence-corrected chi connectivity index (χ3v) is 4.74. The highest BCUT2D eigenvalue weighted by molar-refractivity contribution is 9.10. The van der Waals surface area contributed by atoms with Crippen molar-refractivity contribution >= 4 is 27.7 Å². The van der Waals surface area contributed by atoms with Gasteiger partial charge in [0.05, 0.1) is 6.10 Å². The Hall–Kier alpha value is -0.0300. The Bertz CT molecular complexity index is 415. The Balaban J connectivity index is 2.85. The maximum Gasteiger partial charge on any atom is 0.0631 e. The van der Waals surface area contributed by atoms with Crippen molar-refractivity contribution in [2.75, 3.05) is 0 Å². The number of aliphatic hydroxyl groups excluding tert-OH is 1. The molecule has 2 unspecified atom stereocenters. The molecule has 0 radical (unpaired) electrons. The number of benzene rings is 1. The average molecular weight is 346 g/mol. The first-order valence-electron chi connectivity index (χ1n) is 6.57. The van der Waals surface area contributed by atoms with Gasteiger partial charge in [-0.2, -0.15) is 0 Å². The minimum absolute atomic E-state index is 0.0974. The fraction of sp³-hybridized carbons (Fsp3) is 0.600. The van der Waals surface area contributed by atoms with E-state index in [0.29, 0.717) is 0 Å². The lowest BCUT2D eigenvalue weighted by Gasteiger charge is -2.23. The van der Waals surface area contributed by atoms with E-state index in [9.17, 15) is 5.11 Å². The molecule has 0 aromatic heterocycles. The molecule has 0 heterocycles. The molecule has 108 valence electrons. The average Bonchev–Trinajstić information content (AvgIpc) is 2.28. The first-order chi connectivity index (χ1) is 8.69. The van der Waals surface area contributed by atoms with E-state index in [2.05, 4.69) is 67.1 Å². The Morgan fingerprint density at radius 3 is 2.47 bits per heavy atom. The molecule has 0 saturated heterocycles. The zero-order valence-electron chi connectivity index (χ0n) is 12.3. The molecule has 1 aromatic carbocycles. The quantitative estimate of drug-likeness (QED) is 0.784. The smallest absolute Gasteiger partial charge is 0.0631 e. The van der Waals surface area contributed by atoms with Crippen LogP contribution in [0, 0.1) is 0 Å². The number of hydrogen-bond acceptors (Lipinski definition) is 3. The molecule has 1 rings (SSSR count). The van der Waals surface area contributed by atoms with Crippen molar-refractivity contribution in [1.29, 1.82) is 0 Å². The molecular formula is C15H24BrNOS. The van der Waals surface area contributed by atoms with Crippen LogP contribution in [-0.4, -0.2) is 22.0 Å². The summed E-state index contributed by atoms with van der Waals surface area (Å²) in [5.41, 5.74) is 1.36. The number of thioether (sulfide) groups is 1. The predicted molar refractivity (Wildman–Crippen MR) is 87.7 cm³/mol. The van der Waals surface area contributed by atoms with Crippen LogP contribution in [0.1, 0.15) is 40.2 Å². The number of halogens is 1. The fourth-order valence-corrected chi connectivity index (χ4v) is 2.90. The minimum atomic E-state index is -0.308. The molecule has 0 amide bonds. The maximum atomic E-state index is 9.64. The van der Waals surface area contributed by atoms with Gasteiger partial charge in [0, 0.05) is 26.7 Å². The van der Waals surface area contributed by atoms with Crippen LogP contribution in [0.5, 0.6) is 0 Å². The number of hydrogen-bond donors (Lipinski definition) is 2. The largest absolute Gasteiger partial charge is 0.392 e. The van der Waals surface area contributed by atoms with Crippen molar-refractivity contribution in [1.82, 2.24) is 5.32 Å². The lowest BCUT2D eigenvalue weighted by Crippen LogP contribution is -2.35. The monoisotopic (exact) mass is 345 g/mol. The van der Waals surface area contributed by atoms with Crippen molar-refractivity contribution in [2.24, 2.45) is 0 Å². The van der Waals surface area contributed by atoms with E-state index in [0.717, 1.165) is 11.0 Å². The van der Waals surface area contributed by atoms with Gasteiger partial charge in [0.25, 0.3) is 0 Å². The number of aliphatic hydroxyl groups is 1. The topological polar surface area (TPSA) is 32.3 Å². The van der Waals surface area contributed by atoms with E-state index in [-0.39, 0.29) is 16.9 Å². The van der Waals surface area contributed by atoms with Crippen molar-refractivity contribution in [2.45, 2.75) is 63.0 Å². The molecule has 0 fully saturated rings. The van der Waals surface area contributed by atoms with E-state index >= 15 is 0 Å². The minimum Gasteiger partial charge on any atom is -0.392 e. The SMILES string of the molecule is CC(O)C(C)Sc1ccc(Br)cc1CNC(C)(C)C. The van der Waals surface area contributed by atoms with E-state index in [4.69, 9.17) is 0 Å². The summed E-state index contributed by atoms with van der Waals surface area (Å²) in [5.74, 6) is 0. The van der Waals surface area contributed by atoms with Crippen molar-refractivity contribution in [3.63, 3.8) is 0 Å². The summed E-state index contributed by atoms with van der Waals surface area (Å²) < 4.78 is 1.09. The Labute approximate surface area is 129 Å². The van der Waals surface area contributed by atoms with Crippen LogP contribution in [-0.2, 0) is 6.54 Å². The van der Waals surface area contributed by atoms with E-state index in [1.54, 1.807) is 11.8 Å². The fourth-order valence-electron chi connectivity index (χ4n) is 1.46. The summed E-state index contributed by atoms with van der Waals surface area (Å²) in [6.45, 7) is 11.2. The number of rotatable bonds is 5. The van der Waals surface area contributed by atoms with E-state index < -0.39 is 0 Å². The van der Waals surface area contributed by atoms with Gasteiger partial charge in [-0.3, -0.25) is 0 Å². The van der Waals surface area contributed by atoms with E-state index in [1.807, 2.05) is 6.92 Å². The van der Waals surface area contributed by atoms with Crippen molar-refractivity contribution in [3.8, 4) is 0 Å². The Morgan fingerprint density at radius 2 is 1.95 bits per heavy atom. The zero-order valence-corrected chi connectivity index (χ0v) is 14.7. The Morgan fingerprint density at radius 1 is 1.32 bits per heavy atom. The first kappa shape index (κ1) is 17.0. The van der Waals surface area contributed by atoms with Gasteiger partial charge in [-0.05, 0) is 51.5 Å². The molecule has 0 aliphatic heterocycles. The van der Waals surface area contributed by atoms with Crippen LogP contribution in [0.4, 0.5) is 0 Å². The van der Waals surface area contributed by atoms with Gasteiger partial charge in [0.2, 0.25) is 0 Å². The molecule has 2 nitrogen and oxygen atoms in total. The van der Waals surface area contributed by atoms with Gasteiger partial charge in [-0.25, -0.2) is 0 Å². The predicted octanol–water partition coefficient (Wildman–Crippen LogP) is 4.20. The lowest BCUT2D eigenvalue weighted by molar-refractivity contribution is 0.196. The van der Waals surface area contributed by atoms with Crippen LogP contribution >= 0.6 is 27.7 Å². The highest BCUT2D eigenvalue weighted by Gasteiger charge is 2.15. The zero-order chi connectivity index (χ0) is 14.6. The van der Waals surface area contributed by atoms with Crippen molar-refractivity contribution < 1.29 is 5.11 Å². The molecule has 0 bridgehead atoms. The van der Waals surface area contributed by atoms with Crippen LogP contribution in [0.15, 0.2) is 27.6 Å². The third-order valence-electron chi connectivity index (χ3n) is 2.82. The second kappa shape index (κ2) is 7.11. The molecular weight excluding hydrogens is 322 g/mol. The van der Waals surface area contributed by atoms with Crippen LogP contribution in [0.3, 0.4) is 0 Å². The second-order valence-corrected chi connectivity index (χ2v) is 8.25. The summed E-state index contributed by atoms with van der Waals surface area (Å²) in [4.78, 5) is 1.23. The molecule has 2 N–H and O–H groups in total. The van der Waals surface area contributed by atoms with Gasteiger partial charge >= 0.3 is 0 Å². The molecule has 19 heavy (non-hydrogen) atoms. The molecule has 2 atom stereocenters. The standard InChI is InChI=1S/C15H24BrNOS/c1-10(18)11(2)19-14-7-6-13(16)8-12(14)9-17-15(3,4)5/h6-8,10-11,17-18H,9H2,1-5H3. The summed E-state index contributed by atoms with van der Waals surface area (Å²) >= 11 is 5.25. The first-order valence-corrected chi connectivity index (χ1v) is 8.24. The molecule has 0 aliphatic rings. The summed E-state index contributed by atoms with van der Waals surface area (Å²) in [6, 6.07) is 6.32. The highest BCUT2D eigenvalue weighted by Crippen LogP contribution is 2.30. The van der Waals surface area contributed by atoms with Gasteiger partial charge in [0.15, 0.2) is 0 Å². The summed E-state index contributed by atoms with van der Waals surface area (Å²) in [7, 11) is 0. The van der Waals surface area contributed by atoms with Crippen LogP contribution < -0.4 is 5.32 Å². The summed E-state index contributed by atoms with van der Waals surface area (Å²) in [5, 5.41) is 13.3. The number of nitrogens with one attached hydrogen (secondary N) is 1. The normalized spacial score (nSPS) is 15.3. The lowest BCUT2D eigenvalue weighted by atomic mass is 10.1. The second-order valence-electron chi connectivity index (χ2n) is 5.92. The maximum absolute atomic E-state index is 9.64. The summed E-state index contributed by atoms with van der Waals surface area (Å²) in [6.07, 6.45) is -0.308. The van der Waals surface area contributed by atoms with Gasteiger partial charge in [-0.1, -0.05) is 22.9 Å². The Kier molecular flexibility index (Phi) is 6.37. The molecule has 0 aliphatic carbocycles. The van der Waals surface area contributed by atoms with Crippen molar-refractivity contribution in [3.05, 3.63) is 28.2 Å². The third kappa shape index (κ3) is 6.30. The van der Waals surface area contributed by atoms with Gasteiger partial charge in [0.1, 0.15) is 0 Å². The van der Waals surface area contributed by atoms with E-state index in [1.165, 1.54) is 10.5 Å². The molecule has 0 spiro atoms. The van der Waals surface area contributed by atoms with Crippen LogP contribution in [0.25, 0.3) is 0 Å². The molecule has 1 aromatic rings. The van der Waals surface area contributed by atoms with Crippen LogP contribution in [0.2, 0.25) is 0 Å². The van der Waals surface area contributed by atoms with Gasteiger partial charge < -0.3 is 10.4 Å².